The molecule has 5 heteroatoms. The Morgan fingerprint density at radius 3 is 2.55 bits per heavy atom. The van der Waals surface area contributed by atoms with E-state index in [0.717, 1.165) is 11.6 Å². The van der Waals surface area contributed by atoms with E-state index < -0.39 is 11.7 Å². The van der Waals surface area contributed by atoms with Gasteiger partial charge in [-0.05, 0) is 35.9 Å². The lowest BCUT2D eigenvalue weighted by Gasteiger charge is -2.07. The zero-order valence-electron chi connectivity index (χ0n) is 10.6. The molecule has 0 heterocycles. The van der Waals surface area contributed by atoms with Gasteiger partial charge < -0.3 is 11.1 Å². The molecule has 0 saturated heterocycles. The van der Waals surface area contributed by atoms with Crippen LogP contribution in [0.1, 0.15) is 15.9 Å². The highest BCUT2D eigenvalue weighted by atomic mass is 19.1. The Morgan fingerprint density at radius 2 is 1.95 bits per heavy atom. The molecule has 0 spiro atoms. The van der Waals surface area contributed by atoms with Gasteiger partial charge in [0.05, 0.1) is 18.1 Å². The third kappa shape index (κ3) is 3.12. The van der Waals surface area contributed by atoms with Gasteiger partial charge >= 0.3 is 0 Å². The highest BCUT2D eigenvalue weighted by molar-refractivity contribution is 6.04. The maximum Gasteiger partial charge on any atom is 0.258 e. The van der Waals surface area contributed by atoms with Gasteiger partial charge in [0.1, 0.15) is 5.82 Å². The van der Waals surface area contributed by atoms with Crippen molar-refractivity contribution in [1.82, 2.24) is 0 Å². The van der Waals surface area contributed by atoms with Crippen molar-refractivity contribution >= 4 is 17.3 Å². The second kappa shape index (κ2) is 5.85. The van der Waals surface area contributed by atoms with Gasteiger partial charge in [0.2, 0.25) is 0 Å². The van der Waals surface area contributed by atoms with Crippen molar-refractivity contribution < 1.29 is 9.18 Å². The van der Waals surface area contributed by atoms with Gasteiger partial charge in [-0.2, -0.15) is 5.26 Å². The van der Waals surface area contributed by atoms with Crippen molar-refractivity contribution in [3.8, 4) is 6.07 Å². The molecule has 0 fully saturated rings. The second-order valence-electron chi connectivity index (χ2n) is 4.23. The molecule has 4 nitrogen and oxygen atoms in total. The van der Waals surface area contributed by atoms with Gasteiger partial charge in [-0.15, -0.1) is 0 Å². The number of carbonyl (C=O) groups is 1. The average Bonchev–Trinajstić information content (AvgIpc) is 2.41. The predicted molar refractivity (Wildman–Crippen MR) is 74.5 cm³/mol. The zero-order valence-corrected chi connectivity index (χ0v) is 10.6. The Kier molecular flexibility index (Phi) is 3.96. The van der Waals surface area contributed by atoms with Gasteiger partial charge in [-0.1, -0.05) is 12.1 Å². The van der Waals surface area contributed by atoms with Crippen LogP contribution < -0.4 is 11.1 Å². The number of rotatable bonds is 3. The molecule has 0 radical (unpaired) electrons. The number of nitrogens with two attached hydrogens (primary N) is 1. The Hall–Kier alpha value is -2.87. The lowest BCUT2D eigenvalue weighted by molar-refractivity contribution is 0.102. The summed E-state index contributed by atoms with van der Waals surface area (Å²) in [5.41, 5.74) is 7.01. The Labute approximate surface area is 115 Å². The molecule has 0 atom stereocenters. The van der Waals surface area contributed by atoms with Crippen LogP contribution in [0.25, 0.3) is 0 Å². The molecule has 2 aromatic carbocycles. The normalized spacial score (nSPS) is 9.80. The van der Waals surface area contributed by atoms with Crippen LogP contribution in [-0.4, -0.2) is 5.91 Å². The fourth-order valence-electron chi connectivity index (χ4n) is 1.71. The molecule has 3 N–H and O–H groups in total. The van der Waals surface area contributed by atoms with Crippen LogP contribution in [-0.2, 0) is 6.42 Å². The van der Waals surface area contributed by atoms with E-state index >= 15 is 0 Å². The first-order chi connectivity index (χ1) is 9.60. The van der Waals surface area contributed by atoms with E-state index in [-0.39, 0.29) is 11.3 Å². The van der Waals surface area contributed by atoms with Crippen molar-refractivity contribution in [1.29, 1.82) is 5.26 Å². The highest BCUT2D eigenvalue weighted by Gasteiger charge is 2.11. The van der Waals surface area contributed by atoms with Gasteiger partial charge in [0, 0.05) is 11.4 Å². The molecule has 0 unspecified atom stereocenters. The van der Waals surface area contributed by atoms with Crippen LogP contribution >= 0.6 is 0 Å². The predicted octanol–water partition coefficient (Wildman–Crippen LogP) is 2.73. The van der Waals surface area contributed by atoms with Gasteiger partial charge in [-0.25, -0.2) is 4.39 Å². The van der Waals surface area contributed by atoms with Crippen LogP contribution in [0, 0.1) is 17.1 Å². The van der Waals surface area contributed by atoms with Crippen LogP contribution in [0.15, 0.2) is 42.5 Å². The standard InChI is InChI=1S/C15H12FN3O/c16-14-9-11(18)3-6-13(14)15(20)19-12-4-1-10(2-5-12)7-8-17/h1-6,9H,7,18H2,(H,19,20). The smallest absolute Gasteiger partial charge is 0.258 e. The average molecular weight is 269 g/mol. The van der Waals surface area contributed by atoms with E-state index in [1.807, 2.05) is 6.07 Å². The molecule has 100 valence electrons. The third-order valence-corrected chi connectivity index (χ3v) is 2.73. The summed E-state index contributed by atoms with van der Waals surface area (Å²) in [4.78, 5) is 11.9. The number of nitrogens with zero attached hydrogens (tertiary/aromatic N) is 1. The number of carbonyl (C=O) groups excluding carboxylic acids is 1. The van der Waals surface area contributed by atoms with Crippen LogP contribution in [0.4, 0.5) is 15.8 Å². The van der Waals surface area contributed by atoms with Crippen molar-refractivity contribution in [3.05, 3.63) is 59.4 Å². The van der Waals surface area contributed by atoms with Gasteiger partial charge in [0.15, 0.2) is 0 Å². The maximum atomic E-state index is 13.6. The zero-order chi connectivity index (χ0) is 14.5. The van der Waals surface area contributed by atoms with E-state index in [1.54, 1.807) is 24.3 Å². The summed E-state index contributed by atoms with van der Waals surface area (Å²) in [7, 11) is 0. The van der Waals surface area contributed by atoms with Crippen molar-refractivity contribution in [2.75, 3.05) is 11.1 Å². The molecule has 0 aliphatic rings. The number of amides is 1. The lowest BCUT2D eigenvalue weighted by Crippen LogP contribution is -2.13. The molecular weight excluding hydrogens is 257 g/mol. The van der Waals surface area contributed by atoms with Crippen molar-refractivity contribution in [2.24, 2.45) is 0 Å². The third-order valence-electron chi connectivity index (χ3n) is 2.73. The van der Waals surface area contributed by atoms with Crippen LogP contribution in [0.3, 0.4) is 0 Å². The van der Waals surface area contributed by atoms with E-state index in [0.29, 0.717) is 12.1 Å². The Balaban J connectivity index is 2.13. The monoisotopic (exact) mass is 269 g/mol. The number of hydrogen-bond donors (Lipinski definition) is 2. The van der Waals surface area contributed by atoms with Gasteiger partial charge in [-0.3, -0.25) is 4.79 Å². The first-order valence-corrected chi connectivity index (χ1v) is 5.92. The number of nitriles is 1. The molecular formula is C15H12FN3O. The Morgan fingerprint density at radius 1 is 1.25 bits per heavy atom. The van der Waals surface area contributed by atoms with E-state index in [2.05, 4.69) is 5.32 Å². The summed E-state index contributed by atoms with van der Waals surface area (Å²) in [6.07, 6.45) is 0.306. The minimum Gasteiger partial charge on any atom is -0.399 e. The quantitative estimate of drug-likeness (QED) is 0.841. The van der Waals surface area contributed by atoms with Crippen LogP contribution in [0.2, 0.25) is 0 Å². The molecule has 0 aromatic heterocycles. The molecule has 1 amide bonds. The number of halogens is 1. The minimum absolute atomic E-state index is 0.0692. The fourth-order valence-corrected chi connectivity index (χ4v) is 1.71. The number of nitrogen functional groups attached to an aromatic ring is 1. The summed E-state index contributed by atoms with van der Waals surface area (Å²) in [5, 5.41) is 11.1. The van der Waals surface area contributed by atoms with Crippen LogP contribution in [0.5, 0.6) is 0 Å². The first kappa shape index (κ1) is 13.6. The van der Waals surface area contributed by atoms with E-state index in [9.17, 15) is 9.18 Å². The summed E-state index contributed by atoms with van der Waals surface area (Å²) in [5.74, 6) is -1.21. The molecule has 2 rings (SSSR count). The first-order valence-electron chi connectivity index (χ1n) is 5.92. The number of anilines is 2. The lowest BCUT2D eigenvalue weighted by atomic mass is 10.1. The van der Waals surface area contributed by atoms with Gasteiger partial charge in [0.25, 0.3) is 5.91 Å². The summed E-state index contributed by atoms with van der Waals surface area (Å²) >= 11 is 0. The maximum absolute atomic E-state index is 13.6. The highest BCUT2D eigenvalue weighted by Crippen LogP contribution is 2.15. The molecule has 0 bridgehead atoms. The van der Waals surface area contributed by atoms with Crippen molar-refractivity contribution in [2.45, 2.75) is 6.42 Å². The Bertz CT molecular complexity index is 675. The summed E-state index contributed by atoms with van der Waals surface area (Å²) in [6.45, 7) is 0. The van der Waals surface area contributed by atoms with E-state index in [4.69, 9.17) is 11.0 Å². The molecule has 0 saturated carbocycles. The largest absolute Gasteiger partial charge is 0.399 e. The summed E-state index contributed by atoms with van der Waals surface area (Å²) < 4.78 is 13.6. The number of nitrogens with one attached hydrogen (secondary N) is 1. The topological polar surface area (TPSA) is 78.9 Å². The number of hydrogen-bond acceptors (Lipinski definition) is 3. The summed E-state index contributed by atoms with van der Waals surface area (Å²) in [6, 6.07) is 12.7. The molecule has 0 aliphatic carbocycles. The van der Waals surface area contributed by atoms with Crippen molar-refractivity contribution in [3.63, 3.8) is 0 Å². The SMILES string of the molecule is N#CCc1ccc(NC(=O)c2ccc(N)cc2F)cc1. The molecule has 0 aliphatic heterocycles. The van der Waals surface area contributed by atoms with E-state index in [1.165, 1.54) is 12.1 Å². The number of benzene rings is 2. The molecule has 20 heavy (non-hydrogen) atoms. The fraction of sp³-hybridized carbons (Fsp3) is 0.0667. The molecule has 2 aromatic rings. The minimum atomic E-state index is -0.663. The second-order valence-corrected chi connectivity index (χ2v) is 4.23.